The summed E-state index contributed by atoms with van der Waals surface area (Å²) < 4.78 is 11.1. The lowest BCUT2D eigenvalue weighted by Crippen LogP contribution is -2.45. The third kappa shape index (κ3) is 7.53. The van der Waals surface area contributed by atoms with Gasteiger partial charge in [-0.1, -0.05) is 60.7 Å². The van der Waals surface area contributed by atoms with Crippen LogP contribution in [0.1, 0.15) is 53.7 Å². The van der Waals surface area contributed by atoms with E-state index in [-0.39, 0.29) is 24.6 Å². The number of amides is 2. The van der Waals surface area contributed by atoms with Crippen LogP contribution in [0, 0.1) is 10.1 Å². The van der Waals surface area contributed by atoms with E-state index in [4.69, 9.17) is 9.47 Å². The van der Waals surface area contributed by atoms with Crippen LogP contribution in [0.2, 0.25) is 0 Å². The van der Waals surface area contributed by atoms with Crippen LogP contribution in [-0.2, 0) is 20.7 Å². The number of hydrogen-bond acceptors (Lipinski definition) is 7. The highest BCUT2D eigenvalue weighted by Gasteiger charge is 2.30. The summed E-state index contributed by atoms with van der Waals surface area (Å²) in [6.45, 7) is 5.38. The van der Waals surface area contributed by atoms with E-state index >= 15 is 0 Å². The van der Waals surface area contributed by atoms with Crippen molar-refractivity contribution in [1.82, 2.24) is 5.32 Å². The van der Waals surface area contributed by atoms with Gasteiger partial charge in [-0.2, -0.15) is 0 Å². The van der Waals surface area contributed by atoms with Gasteiger partial charge >= 0.3 is 12.1 Å². The predicted molar refractivity (Wildman–Crippen MR) is 169 cm³/mol. The summed E-state index contributed by atoms with van der Waals surface area (Å²) in [5, 5.41) is 16.5. The van der Waals surface area contributed by atoms with Gasteiger partial charge in [0.2, 0.25) is 5.91 Å². The van der Waals surface area contributed by atoms with Crippen LogP contribution in [0.25, 0.3) is 11.1 Å². The predicted octanol–water partition coefficient (Wildman–Crippen LogP) is 6.64. The molecule has 0 radical (unpaired) electrons. The molecule has 2 amide bonds. The van der Waals surface area contributed by atoms with Gasteiger partial charge in [-0.3, -0.25) is 14.9 Å². The molecule has 2 N–H and O–H groups in total. The number of carbonyl (C=O) groups is 3. The summed E-state index contributed by atoms with van der Waals surface area (Å²) in [5.74, 6) is -1.19. The molecule has 4 aromatic rings. The van der Waals surface area contributed by atoms with Gasteiger partial charge in [-0.15, -0.1) is 0 Å². The fraction of sp³-hybridized carbons (Fsp3) is 0.229. The average molecular weight is 608 g/mol. The van der Waals surface area contributed by atoms with Gasteiger partial charge in [0.1, 0.15) is 18.2 Å². The summed E-state index contributed by atoms with van der Waals surface area (Å²) in [6.07, 6.45) is -0.733. The van der Waals surface area contributed by atoms with Crippen LogP contribution < -0.4 is 10.6 Å². The first-order chi connectivity index (χ1) is 21.5. The highest BCUT2D eigenvalue weighted by Crippen LogP contribution is 2.44. The third-order valence-corrected chi connectivity index (χ3v) is 7.33. The minimum atomic E-state index is -1.08. The van der Waals surface area contributed by atoms with Crippen molar-refractivity contribution >= 4 is 29.3 Å². The van der Waals surface area contributed by atoms with Crippen LogP contribution in [0.5, 0.6) is 0 Å². The van der Waals surface area contributed by atoms with E-state index in [1.807, 2.05) is 48.5 Å². The van der Waals surface area contributed by atoms with E-state index in [0.29, 0.717) is 16.8 Å². The highest BCUT2D eigenvalue weighted by atomic mass is 16.6. The Balaban J connectivity index is 1.29. The molecule has 10 heteroatoms. The minimum absolute atomic E-state index is 0.0456. The Bertz CT molecular complexity index is 1680. The maximum atomic E-state index is 13.4. The molecule has 0 spiro atoms. The average Bonchev–Trinajstić information content (AvgIpc) is 3.33. The quantitative estimate of drug-likeness (QED) is 0.124. The van der Waals surface area contributed by atoms with Gasteiger partial charge < -0.3 is 20.1 Å². The van der Waals surface area contributed by atoms with Crippen molar-refractivity contribution < 1.29 is 28.8 Å². The topological polar surface area (TPSA) is 137 Å². The molecule has 0 saturated carbocycles. The van der Waals surface area contributed by atoms with Gasteiger partial charge in [-0.25, -0.2) is 9.59 Å². The zero-order valence-corrected chi connectivity index (χ0v) is 25.1. The van der Waals surface area contributed by atoms with Crippen molar-refractivity contribution in [3.63, 3.8) is 0 Å². The highest BCUT2D eigenvalue weighted by molar-refractivity contribution is 5.97. The molecule has 1 aliphatic carbocycles. The molecule has 45 heavy (non-hydrogen) atoms. The number of nitro benzene ring substituents is 1. The number of nitro groups is 1. The minimum Gasteiger partial charge on any atom is -0.456 e. The second-order valence-corrected chi connectivity index (χ2v) is 11.7. The molecule has 230 valence electrons. The number of ether oxygens (including phenoxy) is 2. The molecule has 0 aliphatic heterocycles. The Morgan fingerprint density at radius 3 is 1.98 bits per heavy atom. The van der Waals surface area contributed by atoms with Gasteiger partial charge in [0.15, 0.2) is 0 Å². The van der Waals surface area contributed by atoms with Crippen LogP contribution in [0.4, 0.5) is 16.2 Å². The smallest absolute Gasteiger partial charge is 0.407 e. The molecule has 5 rings (SSSR count). The van der Waals surface area contributed by atoms with Gasteiger partial charge in [0.05, 0.1) is 10.5 Å². The van der Waals surface area contributed by atoms with Crippen LogP contribution >= 0.6 is 0 Å². The first-order valence-electron chi connectivity index (χ1n) is 14.5. The zero-order chi connectivity index (χ0) is 32.1. The molecule has 0 aromatic heterocycles. The number of esters is 1. The molecule has 0 fully saturated rings. The van der Waals surface area contributed by atoms with Crippen molar-refractivity contribution in [2.75, 3.05) is 11.9 Å². The maximum absolute atomic E-state index is 13.4. The first-order valence-corrected chi connectivity index (χ1v) is 14.5. The molecule has 4 aromatic carbocycles. The summed E-state index contributed by atoms with van der Waals surface area (Å²) >= 11 is 0. The Hall–Kier alpha value is -5.51. The molecule has 10 nitrogen and oxygen atoms in total. The monoisotopic (exact) mass is 607 g/mol. The van der Waals surface area contributed by atoms with Crippen LogP contribution in [0.15, 0.2) is 97.1 Å². The van der Waals surface area contributed by atoms with Crippen molar-refractivity contribution in [1.29, 1.82) is 0 Å². The number of nitrogens with zero attached hydrogens (tertiary/aromatic N) is 1. The number of non-ortho nitro benzene ring substituents is 1. The second kappa shape index (κ2) is 13.0. The number of nitrogens with one attached hydrogen (secondary N) is 2. The van der Waals surface area contributed by atoms with Gasteiger partial charge in [0, 0.05) is 30.2 Å². The Morgan fingerprint density at radius 2 is 1.42 bits per heavy atom. The van der Waals surface area contributed by atoms with Crippen molar-refractivity contribution in [2.24, 2.45) is 0 Å². The van der Waals surface area contributed by atoms with E-state index in [1.54, 1.807) is 32.9 Å². The van der Waals surface area contributed by atoms with Gasteiger partial charge in [-0.05, 0) is 72.9 Å². The second-order valence-electron chi connectivity index (χ2n) is 11.7. The lowest BCUT2D eigenvalue weighted by Gasteiger charge is -2.20. The first kappa shape index (κ1) is 30.9. The molecular formula is C35H33N3O7. The third-order valence-electron chi connectivity index (χ3n) is 7.33. The number of alkyl carbamates (subject to hydrolysis) is 1. The maximum Gasteiger partial charge on any atom is 0.407 e. The number of rotatable bonds is 9. The summed E-state index contributed by atoms with van der Waals surface area (Å²) in [4.78, 5) is 49.5. The normalized spacial score (nSPS) is 12.8. The van der Waals surface area contributed by atoms with Crippen LogP contribution in [0.3, 0.4) is 0 Å². The Morgan fingerprint density at radius 1 is 0.844 bits per heavy atom. The molecule has 0 bridgehead atoms. The molecule has 1 atom stereocenters. The summed E-state index contributed by atoms with van der Waals surface area (Å²) in [6, 6.07) is 26.8. The van der Waals surface area contributed by atoms with E-state index in [2.05, 4.69) is 10.6 Å². The number of benzene rings is 4. The van der Waals surface area contributed by atoms with Crippen molar-refractivity contribution in [3.05, 3.63) is 129 Å². The van der Waals surface area contributed by atoms with E-state index in [9.17, 15) is 24.5 Å². The van der Waals surface area contributed by atoms with E-state index in [1.165, 1.54) is 36.4 Å². The van der Waals surface area contributed by atoms with Crippen LogP contribution in [-0.4, -0.2) is 41.1 Å². The molecule has 0 saturated heterocycles. The summed E-state index contributed by atoms with van der Waals surface area (Å²) in [7, 11) is 0. The molecule has 0 heterocycles. The largest absolute Gasteiger partial charge is 0.456 e. The number of hydrogen-bond donors (Lipinski definition) is 2. The Kier molecular flexibility index (Phi) is 8.94. The fourth-order valence-corrected chi connectivity index (χ4v) is 5.24. The van der Waals surface area contributed by atoms with Crippen molar-refractivity contribution in [3.8, 4) is 11.1 Å². The zero-order valence-electron chi connectivity index (χ0n) is 25.1. The SMILES string of the molecule is CC(C)(C)OC(=O)c1ccc(NC(=O)[C@H](Cc2ccc([N+](=O)[O-])cc2)NC(=O)OCC2c3ccccc3-c3ccccc32)cc1. The molecule has 1 aliphatic rings. The lowest BCUT2D eigenvalue weighted by atomic mass is 9.98. The molecular weight excluding hydrogens is 574 g/mol. The Labute approximate surface area is 260 Å². The summed E-state index contributed by atoms with van der Waals surface area (Å²) in [5.41, 5.74) is 4.88. The fourth-order valence-electron chi connectivity index (χ4n) is 5.24. The van der Waals surface area contributed by atoms with Crippen molar-refractivity contribution in [2.45, 2.75) is 44.8 Å². The van der Waals surface area contributed by atoms with Gasteiger partial charge in [0.25, 0.3) is 5.69 Å². The number of fused-ring (bicyclic) bond motifs is 3. The standard InChI is InChI=1S/C35H33N3O7/c1-35(2,3)45-33(40)23-14-16-24(17-15-23)36-32(39)31(20-22-12-18-25(19-13-22)38(42)43)37-34(41)44-21-30-28-10-6-4-8-26(28)27-9-5-7-11-29(27)30/h4-19,30-31H,20-21H2,1-3H3,(H,36,39)(H,37,41)/t31-/m0/s1. The molecule has 0 unspecified atom stereocenters. The van der Waals surface area contributed by atoms with E-state index in [0.717, 1.165) is 22.3 Å². The van der Waals surface area contributed by atoms with E-state index < -0.39 is 34.5 Å². The number of carbonyl (C=O) groups excluding carboxylic acids is 3. The lowest BCUT2D eigenvalue weighted by molar-refractivity contribution is -0.384. The number of anilines is 1.